The second kappa shape index (κ2) is 10.8. The van der Waals surface area contributed by atoms with E-state index in [4.69, 9.17) is 9.47 Å². The molecule has 2 rings (SSSR count). The topological polar surface area (TPSA) is 30.5 Å². The number of benzene rings is 2. The van der Waals surface area contributed by atoms with Crippen molar-refractivity contribution in [2.24, 2.45) is 0 Å². The molecule has 3 nitrogen and oxygen atoms in total. The van der Waals surface area contributed by atoms with Gasteiger partial charge in [-0.25, -0.2) is 0 Å². The highest BCUT2D eigenvalue weighted by molar-refractivity contribution is 5.46. The Balaban J connectivity index is 1.98. The van der Waals surface area contributed by atoms with Gasteiger partial charge < -0.3 is 14.8 Å². The minimum absolute atomic E-state index is 0.282. The molecule has 1 N–H and O–H groups in total. The highest BCUT2D eigenvalue weighted by atomic mass is 16.5. The van der Waals surface area contributed by atoms with Crippen molar-refractivity contribution < 1.29 is 9.47 Å². The van der Waals surface area contributed by atoms with E-state index >= 15 is 0 Å². The van der Waals surface area contributed by atoms with Gasteiger partial charge in [0.1, 0.15) is 0 Å². The standard InChI is InChI=1S/C22H31NO2/c1-4-5-6-10-16-25-22-20(14-11-15-21(22)24-3)17-23-18(2)19-12-8-7-9-13-19/h7-9,11-15,18,23H,4-6,10,16-17H2,1-3H3. The summed E-state index contributed by atoms with van der Waals surface area (Å²) in [5.74, 6) is 1.68. The molecule has 0 aliphatic carbocycles. The Morgan fingerprint density at radius 2 is 1.76 bits per heavy atom. The quantitative estimate of drug-likeness (QED) is 0.547. The monoisotopic (exact) mass is 341 g/mol. The van der Waals surface area contributed by atoms with Crippen molar-refractivity contribution in [2.75, 3.05) is 13.7 Å². The number of nitrogens with one attached hydrogen (secondary N) is 1. The molecule has 3 heteroatoms. The van der Waals surface area contributed by atoms with E-state index in [1.807, 2.05) is 18.2 Å². The number of hydrogen-bond acceptors (Lipinski definition) is 3. The summed E-state index contributed by atoms with van der Waals surface area (Å²) in [6.07, 6.45) is 4.79. The Morgan fingerprint density at radius 1 is 0.960 bits per heavy atom. The molecule has 136 valence electrons. The molecule has 0 spiro atoms. The van der Waals surface area contributed by atoms with Gasteiger partial charge in [0.25, 0.3) is 0 Å². The van der Waals surface area contributed by atoms with Gasteiger partial charge in [-0.2, -0.15) is 0 Å². The van der Waals surface area contributed by atoms with Crippen LogP contribution in [0.15, 0.2) is 48.5 Å². The maximum absolute atomic E-state index is 6.08. The number of hydrogen-bond donors (Lipinski definition) is 1. The largest absolute Gasteiger partial charge is 0.493 e. The molecule has 0 aromatic heterocycles. The third-order valence-electron chi connectivity index (χ3n) is 4.42. The summed E-state index contributed by atoms with van der Waals surface area (Å²) in [5.41, 5.74) is 2.42. The van der Waals surface area contributed by atoms with Crippen molar-refractivity contribution in [1.82, 2.24) is 5.32 Å². The van der Waals surface area contributed by atoms with Crippen LogP contribution in [-0.2, 0) is 6.54 Å². The van der Waals surface area contributed by atoms with E-state index in [1.165, 1.54) is 24.8 Å². The van der Waals surface area contributed by atoms with Gasteiger partial charge in [-0.05, 0) is 25.0 Å². The predicted molar refractivity (Wildman–Crippen MR) is 104 cm³/mol. The van der Waals surface area contributed by atoms with Gasteiger partial charge in [-0.1, -0.05) is 68.7 Å². The van der Waals surface area contributed by atoms with E-state index in [2.05, 4.69) is 49.5 Å². The molecule has 1 unspecified atom stereocenters. The number of para-hydroxylation sites is 1. The Hall–Kier alpha value is -2.00. The minimum Gasteiger partial charge on any atom is -0.493 e. The average molecular weight is 341 g/mol. The van der Waals surface area contributed by atoms with Crippen molar-refractivity contribution in [1.29, 1.82) is 0 Å². The van der Waals surface area contributed by atoms with Crippen LogP contribution >= 0.6 is 0 Å². The zero-order chi connectivity index (χ0) is 17.9. The second-order valence-electron chi connectivity index (χ2n) is 6.37. The zero-order valence-corrected chi connectivity index (χ0v) is 15.8. The Kier molecular flexibility index (Phi) is 8.33. The fraction of sp³-hybridized carbons (Fsp3) is 0.455. The van der Waals surface area contributed by atoms with E-state index in [0.717, 1.165) is 36.6 Å². The number of ether oxygens (including phenoxy) is 2. The molecule has 0 bridgehead atoms. The van der Waals surface area contributed by atoms with Crippen LogP contribution in [0.1, 0.15) is 56.7 Å². The van der Waals surface area contributed by atoms with Crippen LogP contribution in [0.3, 0.4) is 0 Å². The Labute approximate surface area is 152 Å². The van der Waals surface area contributed by atoms with Crippen molar-refractivity contribution in [3.63, 3.8) is 0 Å². The Morgan fingerprint density at radius 3 is 2.48 bits per heavy atom. The number of rotatable bonds is 11. The summed E-state index contributed by atoms with van der Waals surface area (Å²) < 4.78 is 11.6. The third-order valence-corrected chi connectivity index (χ3v) is 4.42. The van der Waals surface area contributed by atoms with E-state index in [-0.39, 0.29) is 6.04 Å². The summed E-state index contributed by atoms with van der Waals surface area (Å²) in [5, 5.41) is 3.58. The first kappa shape index (κ1) is 19.3. The third kappa shape index (κ3) is 6.09. The van der Waals surface area contributed by atoms with Gasteiger partial charge in [-0.3, -0.25) is 0 Å². The molecule has 0 heterocycles. The molecule has 0 saturated carbocycles. The molecular weight excluding hydrogens is 310 g/mol. The van der Waals surface area contributed by atoms with Crippen LogP contribution < -0.4 is 14.8 Å². The van der Waals surface area contributed by atoms with Gasteiger partial charge in [-0.15, -0.1) is 0 Å². The fourth-order valence-electron chi connectivity index (χ4n) is 2.85. The molecule has 25 heavy (non-hydrogen) atoms. The van der Waals surface area contributed by atoms with E-state index in [0.29, 0.717) is 0 Å². The van der Waals surface area contributed by atoms with Gasteiger partial charge >= 0.3 is 0 Å². The van der Waals surface area contributed by atoms with Gasteiger partial charge in [0, 0.05) is 18.2 Å². The fourth-order valence-corrected chi connectivity index (χ4v) is 2.85. The molecule has 0 fully saturated rings. The molecule has 0 aliphatic heterocycles. The van der Waals surface area contributed by atoms with E-state index in [9.17, 15) is 0 Å². The molecular formula is C22H31NO2. The molecule has 2 aromatic carbocycles. The lowest BCUT2D eigenvalue weighted by atomic mass is 10.1. The normalized spacial score (nSPS) is 12.0. The van der Waals surface area contributed by atoms with Crippen molar-refractivity contribution in [3.05, 3.63) is 59.7 Å². The first-order valence-electron chi connectivity index (χ1n) is 9.33. The lowest BCUT2D eigenvalue weighted by Crippen LogP contribution is -2.18. The van der Waals surface area contributed by atoms with Gasteiger partial charge in [0.05, 0.1) is 13.7 Å². The lowest BCUT2D eigenvalue weighted by Gasteiger charge is -2.18. The first-order valence-corrected chi connectivity index (χ1v) is 9.33. The number of unbranched alkanes of at least 4 members (excludes halogenated alkanes) is 3. The predicted octanol–water partition coefficient (Wildman–Crippen LogP) is 5.51. The molecule has 2 aromatic rings. The lowest BCUT2D eigenvalue weighted by molar-refractivity contribution is 0.281. The Bertz CT molecular complexity index is 613. The van der Waals surface area contributed by atoms with Gasteiger partial charge in [0.15, 0.2) is 11.5 Å². The summed E-state index contributed by atoms with van der Waals surface area (Å²) >= 11 is 0. The highest BCUT2D eigenvalue weighted by Gasteiger charge is 2.12. The molecule has 0 saturated heterocycles. The highest BCUT2D eigenvalue weighted by Crippen LogP contribution is 2.31. The van der Waals surface area contributed by atoms with E-state index < -0.39 is 0 Å². The van der Waals surface area contributed by atoms with Crippen molar-refractivity contribution in [2.45, 2.75) is 52.1 Å². The average Bonchev–Trinajstić information content (AvgIpc) is 2.67. The van der Waals surface area contributed by atoms with Crippen molar-refractivity contribution >= 4 is 0 Å². The maximum atomic E-state index is 6.08. The summed E-state index contributed by atoms with van der Waals surface area (Å²) in [4.78, 5) is 0. The van der Waals surface area contributed by atoms with Crippen molar-refractivity contribution in [3.8, 4) is 11.5 Å². The summed E-state index contributed by atoms with van der Waals surface area (Å²) in [6.45, 7) is 5.89. The molecule has 0 radical (unpaired) electrons. The first-order chi connectivity index (χ1) is 12.3. The van der Waals surface area contributed by atoms with Crippen LogP contribution in [-0.4, -0.2) is 13.7 Å². The van der Waals surface area contributed by atoms with Crippen LogP contribution in [0.2, 0.25) is 0 Å². The van der Waals surface area contributed by atoms with Gasteiger partial charge in [0.2, 0.25) is 0 Å². The SMILES string of the molecule is CCCCCCOc1c(CNC(C)c2ccccc2)cccc1OC. The molecule has 0 aliphatic rings. The molecule has 1 atom stereocenters. The van der Waals surface area contributed by atoms with Crippen LogP contribution in [0, 0.1) is 0 Å². The maximum Gasteiger partial charge on any atom is 0.165 e. The summed E-state index contributed by atoms with van der Waals surface area (Å²) in [6, 6.07) is 16.9. The van der Waals surface area contributed by atoms with E-state index in [1.54, 1.807) is 7.11 Å². The number of methoxy groups -OCH3 is 1. The minimum atomic E-state index is 0.282. The van der Waals surface area contributed by atoms with Crippen LogP contribution in [0.4, 0.5) is 0 Å². The smallest absolute Gasteiger partial charge is 0.165 e. The van der Waals surface area contributed by atoms with Crippen LogP contribution in [0.5, 0.6) is 11.5 Å². The second-order valence-corrected chi connectivity index (χ2v) is 6.37. The van der Waals surface area contributed by atoms with Crippen LogP contribution in [0.25, 0.3) is 0 Å². The summed E-state index contributed by atoms with van der Waals surface area (Å²) in [7, 11) is 1.70. The zero-order valence-electron chi connectivity index (χ0n) is 15.8. The molecule has 0 amide bonds.